The van der Waals surface area contributed by atoms with Gasteiger partial charge in [0, 0.05) is 4.48 Å². The molecule has 0 nitrogen and oxygen atoms in total. The Morgan fingerprint density at radius 3 is 2.26 bits per heavy atom. The summed E-state index contributed by atoms with van der Waals surface area (Å²) in [5, 5.41) is 0. The summed E-state index contributed by atoms with van der Waals surface area (Å²) >= 11 is 3.82. The summed E-state index contributed by atoms with van der Waals surface area (Å²) in [5.41, 5.74) is 5.62. The molecule has 0 saturated heterocycles. The van der Waals surface area contributed by atoms with E-state index in [2.05, 4.69) is 84.4 Å². The van der Waals surface area contributed by atoms with Crippen molar-refractivity contribution >= 4 is 21.5 Å². The van der Waals surface area contributed by atoms with Crippen LogP contribution >= 0.6 is 15.9 Å². The van der Waals surface area contributed by atoms with Crippen LogP contribution in [0.5, 0.6) is 0 Å². The minimum Gasteiger partial charge on any atom is -0.0622 e. The molecular weight excluding hydrogens is 296 g/mol. The van der Waals surface area contributed by atoms with Crippen molar-refractivity contribution in [2.45, 2.75) is 25.7 Å². The largest absolute Gasteiger partial charge is 0.0622 e. The van der Waals surface area contributed by atoms with Gasteiger partial charge in [-0.25, -0.2) is 0 Å². The SMILES string of the molecule is CC1(C)CC(Br)=C(c2ccccc2)c2ccccc21. The van der Waals surface area contributed by atoms with Gasteiger partial charge in [-0.3, -0.25) is 0 Å². The standard InChI is InChI=1S/C18H17Br/c1-18(2)12-16(19)17(13-8-4-3-5-9-13)14-10-6-7-11-15(14)18/h3-11H,12H2,1-2H3. The third kappa shape index (κ3) is 2.17. The molecule has 0 radical (unpaired) electrons. The first kappa shape index (κ1) is 12.7. The fraction of sp³-hybridized carbons (Fsp3) is 0.222. The molecule has 1 aliphatic rings. The summed E-state index contributed by atoms with van der Waals surface area (Å²) < 4.78 is 1.31. The highest BCUT2D eigenvalue weighted by Gasteiger charge is 2.31. The molecule has 96 valence electrons. The van der Waals surface area contributed by atoms with Crippen LogP contribution < -0.4 is 0 Å². The van der Waals surface area contributed by atoms with Gasteiger partial charge in [0.2, 0.25) is 0 Å². The van der Waals surface area contributed by atoms with E-state index < -0.39 is 0 Å². The van der Waals surface area contributed by atoms with Crippen LogP contribution in [-0.2, 0) is 5.41 Å². The summed E-state index contributed by atoms with van der Waals surface area (Å²) in [6.45, 7) is 4.63. The fourth-order valence-corrected chi connectivity index (χ4v) is 4.07. The van der Waals surface area contributed by atoms with Gasteiger partial charge in [0.25, 0.3) is 0 Å². The molecule has 0 bridgehead atoms. The van der Waals surface area contributed by atoms with E-state index >= 15 is 0 Å². The average molecular weight is 313 g/mol. The first-order valence-corrected chi connectivity index (χ1v) is 7.43. The smallest absolute Gasteiger partial charge is 0.00438 e. The zero-order valence-corrected chi connectivity index (χ0v) is 12.9. The lowest BCUT2D eigenvalue weighted by molar-refractivity contribution is 0.524. The molecule has 1 aliphatic carbocycles. The average Bonchev–Trinajstić information content (AvgIpc) is 2.39. The molecule has 19 heavy (non-hydrogen) atoms. The number of rotatable bonds is 1. The van der Waals surface area contributed by atoms with Crippen LogP contribution in [0.3, 0.4) is 0 Å². The van der Waals surface area contributed by atoms with Crippen LogP contribution in [0.25, 0.3) is 5.57 Å². The van der Waals surface area contributed by atoms with Crippen molar-refractivity contribution in [3.8, 4) is 0 Å². The maximum Gasteiger partial charge on any atom is 0.00438 e. The van der Waals surface area contributed by atoms with Crippen molar-refractivity contribution in [2.24, 2.45) is 0 Å². The molecule has 2 aromatic rings. The first-order chi connectivity index (χ1) is 9.09. The summed E-state index contributed by atoms with van der Waals surface area (Å²) in [6, 6.07) is 19.4. The van der Waals surface area contributed by atoms with Crippen molar-refractivity contribution in [3.05, 3.63) is 75.8 Å². The summed E-state index contributed by atoms with van der Waals surface area (Å²) in [6.07, 6.45) is 1.05. The Balaban J connectivity index is 2.26. The van der Waals surface area contributed by atoms with Crippen molar-refractivity contribution in [3.63, 3.8) is 0 Å². The molecule has 0 heterocycles. The van der Waals surface area contributed by atoms with E-state index in [9.17, 15) is 0 Å². The fourth-order valence-electron chi connectivity index (χ4n) is 2.93. The van der Waals surface area contributed by atoms with Crippen molar-refractivity contribution in [1.82, 2.24) is 0 Å². The lowest BCUT2D eigenvalue weighted by Gasteiger charge is -2.34. The normalized spacial score (nSPS) is 17.2. The highest BCUT2D eigenvalue weighted by Crippen LogP contribution is 2.46. The lowest BCUT2D eigenvalue weighted by Crippen LogP contribution is -2.23. The third-order valence-electron chi connectivity index (χ3n) is 3.86. The third-order valence-corrected chi connectivity index (χ3v) is 4.53. The second-order valence-corrected chi connectivity index (χ2v) is 6.71. The molecule has 3 rings (SSSR count). The molecule has 0 spiro atoms. The van der Waals surface area contributed by atoms with Crippen molar-refractivity contribution in [2.75, 3.05) is 0 Å². The molecule has 0 amide bonds. The molecule has 0 fully saturated rings. The first-order valence-electron chi connectivity index (χ1n) is 6.63. The van der Waals surface area contributed by atoms with Crippen LogP contribution in [0, 0.1) is 0 Å². The van der Waals surface area contributed by atoms with E-state index in [1.54, 1.807) is 0 Å². The number of hydrogen-bond donors (Lipinski definition) is 0. The van der Waals surface area contributed by atoms with E-state index in [4.69, 9.17) is 0 Å². The topological polar surface area (TPSA) is 0 Å². The van der Waals surface area contributed by atoms with Gasteiger partial charge >= 0.3 is 0 Å². The molecule has 2 aromatic carbocycles. The van der Waals surface area contributed by atoms with Crippen LogP contribution in [0.15, 0.2) is 59.1 Å². The van der Waals surface area contributed by atoms with E-state index in [0.29, 0.717) is 0 Å². The van der Waals surface area contributed by atoms with Crippen LogP contribution in [-0.4, -0.2) is 0 Å². The molecule has 0 atom stereocenters. The van der Waals surface area contributed by atoms with Gasteiger partial charge in [0.1, 0.15) is 0 Å². The van der Waals surface area contributed by atoms with Crippen LogP contribution in [0.2, 0.25) is 0 Å². The van der Waals surface area contributed by atoms with E-state index in [1.165, 1.54) is 26.7 Å². The Morgan fingerprint density at radius 1 is 0.895 bits per heavy atom. The second-order valence-electron chi connectivity index (χ2n) is 5.75. The Hall–Kier alpha value is -1.34. The highest BCUT2D eigenvalue weighted by molar-refractivity contribution is 9.11. The minimum atomic E-state index is 0.188. The monoisotopic (exact) mass is 312 g/mol. The van der Waals surface area contributed by atoms with Gasteiger partial charge in [-0.2, -0.15) is 0 Å². The maximum absolute atomic E-state index is 3.82. The number of allylic oxidation sites excluding steroid dienone is 1. The molecule has 0 N–H and O–H groups in total. The molecule has 0 aliphatic heterocycles. The van der Waals surface area contributed by atoms with Crippen molar-refractivity contribution < 1.29 is 0 Å². The Labute approximate surface area is 123 Å². The molecular formula is C18H17Br. The number of halogens is 1. The van der Waals surface area contributed by atoms with E-state index in [1.807, 2.05) is 0 Å². The van der Waals surface area contributed by atoms with Gasteiger partial charge in [0.15, 0.2) is 0 Å². The van der Waals surface area contributed by atoms with Gasteiger partial charge in [-0.1, -0.05) is 84.4 Å². The van der Waals surface area contributed by atoms with Crippen LogP contribution in [0.1, 0.15) is 37.0 Å². The van der Waals surface area contributed by atoms with Crippen LogP contribution in [0.4, 0.5) is 0 Å². The van der Waals surface area contributed by atoms with E-state index in [-0.39, 0.29) is 5.41 Å². The zero-order chi connectivity index (χ0) is 13.5. The predicted molar refractivity (Wildman–Crippen MR) is 85.5 cm³/mol. The zero-order valence-electron chi connectivity index (χ0n) is 11.3. The number of fused-ring (bicyclic) bond motifs is 1. The number of benzene rings is 2. The Kier molecular flexibility index (Phi) is 3.10. The molecule has 0 unspecified atom stereocenters. The highest BCUT2D eigenvalue weighted by atomic mass is 79.9. The second kappa shape index (κ2) is 4.64. The molecule has 1 heteroatoms. The van der Waals surface area contributed by atoms with E-state index in [0.717, 1.165) is 6.42 Å². The summed E-state index contributed by atoms with van der Waals surface area (Å²) in [7, 11) is 0. The molecule has 0 aromatic heterocycles. The lowest BCUT2D eigenvalue weighted by atomic mass is 9.72. The summed E-state index contributed by atoms with van der Waals surface area (Å²) in [5.74, 6) is 0. The summed E-state index contributed by atoms with van der Waals surface area (Å²) in [4.78, 5) is 0. The van der Waals surface area contributed by atoms with Gasteiger partial charge in [0.05, 0.1) is 0 Å². The Bertz CT molecular complexity index is 636. The Morgan fingerprint density at radius 2 is 1.53 bits per heavy atom. The molecule has 0 saturated carbocycles. The van der Waals surface area contributed by atoms with Gasteiger partial charge < -0.3 is 0 Å². The minimum absolute atomic E-state index is 0.188. The quantitative estimate of drug-likeness (QED) is 0.650. The van der Waals surface area contributed by atoms with Gasteiger partial charge in [-0.15, -0.1) is 0 Å². The van der Waals surface area contributed by atoms with Crippen molar-refractivity contribution in [1.29, 1.82) is 0 Å². The van der Waals surface area contributed by atoms with Gasteiger partial charge in [-0.05, 0) is 34.1 Å². The maximum atomic E-state index is 3.82. The predicted octanol–water partition coefficient (Wildman–Crippen LogP) is 5.52. The number of hydrogen-bond acceptors (Lipinski definition) is 0.